The fourth-order valence-electron chi connectivity index (χ4n) is 3.90. The number of rotatable bonds is 10. The number of anilines is 1. The summed E-state index contributed by atoms with van der Waals surface area (Å²) < 4.78 is 76.4. The topological polar surface area (TPSA) is 63.7 Å². The molecule has 0 aliphatic rings. The molecule has 0 radical (unpaired) electrons. The minimum absolute atomic E-state index is 0.0868. The zero-order valence-electron chi connectivity index (χ0n) is 19.7. The van der Waals surface area contributed by atoms with Crippen molar-refractivity contribution in [2.75, 3.05) is 10.9 Å². The van der Waals surface area contributed by atoms with Gasteiger partial charge in [-0.25, -0.2) is 21.6 Å². The van der Waals surface area contributed by atoms with Crippen molar-refractivity contribution in [3.63, 3.8) is 0 Å². The minimum Gasteiger partial charge on any atom is -0.466 e. The number of sulfonamides is 1. The lowest BCUT2D eigenvalue weighted by Crippen LogP contribution is -2.35. The van der Waals surface area contributed by atoms with Crippen molar-refractivity contribution >= 4 is 33.3 Å². The molecule has 0 bridgehead atoms. The summed E-state index contributed by atoms with van der Waals surface area (Å²) in [6, 6.07) is 10.5. The van der Waals surface area contributed by atoms with E-state index in [-0.39, 0.29) is 24.3 Å². The Bertz CT molecular complexity index is 1330. The predicted molar refractivity (Wildman–Crippen MR) is 132 cm³/mol. The van der Waals surface area contributed by atoms with Gasteiger partial charge in [0.2, 0.25) is 0 Å². The Hall–Kier alpha value is -3.04. The lowest BCUT2D eigenvalue weighted by atomic mass is 9.96. The zero-order chi connectivity index (χ0) is 26.5. The first-order chi connectivity index (χ1) is 17.0. The van der Waals surface area contributed by atoms with Gasteiger partial charge in [-0.15, -0.1) is 0 Å². The van der Waals surface area contributed by atoms with E-state index in [1.807, 2.05) is 0 Å². The van der Waals surface area contributed by atoms with Gasteiger partial charge >= 0.3 is 5.97 Å². The maximum Gasteiger partial charge on any atom is 0.305 e. The van der Waals surface area contributed by atoms with E-state index in [0.29, 0.717) is 22.6 Å². The second-order valence-electron chi connectivity index (χ2n) is 8.03. The van der Waals surface area contributed by atoms with Crippen molar-refractivity contribution in [3.8, 4) is 0 Å². The van der Waals surface area contributed by atoms with Gasteiger partial charge in [0.25, 0.3) is 10.0 Å². The van der Waals surface area contributed by atoms with Crippen molar-refractivity contribution in [1.82, 2.24) is 0 Å². The molecule has 0 spiro atoms. The molecule has 0 aliphatic carbocycles. The largest absolute Gasteiger partial charge is 0.466 e. The van der Waals surface area contributed by atoms with Crippen LogP contribution in [-0.4, -0.2) is 21.0 Å². The zero-order valence-corrected chi connectivity index (χ0v) is 21.3. The Morgan fingerprint density at radius 2 is 1.64 bits per heavy atom. The molecule has 0 fully saturated rings. The Balaban J connectivity index is 2.09. The van der Waals surface area contributed by atoms with E-state index in [9.17, 15) is 26.4 Å². The van der Waals surface area contributed by atoms with Crippen LogP contribution in [-0.2, 0) is 26.0 Å². The first-order valence-electron chi connectivity index (χ1n) is 11.2. The molecule has 3 aromatic rings. The molecule has 0 saturated heterocycles. The van der Waals surface area contributed by atoms with Gasteiger partial charge in [0.1, 0.15) is 17.5 Å². The Morgan fingerprint density at radius 1 is 1.00 bits per heavy atom. The monoisotopic (exact) mass is 539 g/mol. The van der Waals surface area contributed by atoms with Gasteiger partial charge in [-0.05, 0) is 86.3 Å². The van der Waals surface area contributed by atoms with E-state index in [2.05, 4.69) is 0 Å². The molecule has 0 saturated carbocycles. The summed E-state index contributed by atoms with van der Waals surface area (Å²) in [5.41, 5.74) is 0.306. The molecule has 0 amide bonds. The Labute approximate surface area is 213 Å². The molecule has 0 N–H and O–H groups in total. The fourth-order valence-corrected chi connectivity index (χ4v) is 5.66. The normalized spacial score (nSPS) is 12.3. The standard InChI is InChI=1S/C26H25ClF3NO4S/c1-3-35-26(32)6-4-5-18-15-20(28)9-13-23(18)17(2)31(25-16-21(29)10-14-24(25)30)36(33,34)22-11-7-19(27)8-12-22/h7-17H,3-6H2,1-2H3/t17-/m1/s1. The number of halogens is 4. The van der Waals surface area contributed by atoms with Crippen LogP contribution in [0.2, 0.25) is 5.02 Å². The van der Waals surface area contributed by atoms with Crippen LogP contribution in [0.1, 0.15) is 43.9 Å². The van der Waals surface area contributed by atoms with Crippen LogP contribution in [0.15, 0.2) is 65.6 Å². The van der Waals surface area contributed by atoms with Crippen molar-refractivity contribution < 1.29 is 31.1 Å². The molecule has 10 heteroatoms. The summed E-state index contributed by atoms with van der Waals surface area (Å²) in [6.45, 7) is 3.42. The van der Waals surface area contributed by atoms with Gasteiger partial charge in [0.15, 0.2) is 0 Å². The average Bonchev–Trinajstić information content (AvgIpc) is 2.82. The van der Waals surface area contributed by atoms with Gasteiger partial charge in [-0.1, -0.05) is 17.7 Å². The third kappa shape index (κ3) is 6.39. The second-order valence-corrected chi connectivity index (χ2v) is 10.3. The summed E-state index contributed by atoms with van der Waals surface area (Å²) in [7, 11) is -4.43. The highest BCUT2D eigenvalue weighted by atomic mass is 35.5. The van der Waals surface area contributed by atoms with Crippen molar-refractivity contribution in [2.24, 2.45) is 0 Å². The predicted octanol–water partition coefficient (Wildman–Crippen LogP) is 6.60. The number of benzene rings is 3. The molecular formula is C26H25ClF3NO4S. The van der Waals surface area contributed by atoms with E-state index >= 15 is 0 Å². The number of carbonyl (C=O) groups excluding carboxylic acids is 1. The third-order valence-electron chi connectivity index (χ3n) is 5.56. The van der Waals surface area contributed by atoms with E-state index in [1.54, 1.807) is 6.92 Å². The number of hydrogen-bond acceptors (Lipinski definition) is 4. The smallest absolute Gasteiger partial charge is 0.305 e. The van der Waals surface area contributed by atoms with Gasteiger partial charge < -0.3 is 4.74 Å². The van der Waals surface area contributed by atoms with Crippen molar-refractivity contribution in [2.45, 2.75) is 44.0 Å². The van der Waals surface area contributed by atoms with E-state index < -0.39 is 45.2 Å². The minimum atomic E-state index is -4.43. The quantitative estimate of drug-likeness (QED) is 0.272. The summed E-state index contributed by atoms with van der Waals surface area (Å²) in [6.07, 6.45) is 0.639. The molecule has 5 nitrogen and oxygen atoms in total. The molecular weight excluding hydrogens is 515 g/mol. The maximum absolute atomic E-state index is 14.9. The van der Waals surface area contributed by atoms with Gasteiger partial charge in [0.05, 0.1) is 23.2 Å². The van der Waals surface area contributed by atoms with Crippen LogP contribution in [0.4, 0.5) is 18.9 Å². The summed E-state index contributed by atoms with van der Waals surface area (Å²) in [4.78, 5) is 11.5. The van der Waals surface area contributed by atoms with E-state index in [0.717, 1.165) is 28.6 Å². The van der Waals surface area contributed by atoms with Gasteiger partial charge in [-0.3, -0.25) is 9.10 Å². The summed E-state index contributed by atoms with van der Waals surface area (Å²) >= 11 is 5.90. The molecule has 0 aliphatic heterocycles. The average molecular weight is 540 g/mol. The number of hydrogen-bond donors (Lipinski definition) is 0. The molecule has 0 aromatic heterocycles. The van der Waals surface area contributed by atoms with Gasteiger partial charge in [-0.2, -0.15) is 0 Å². The summed E-state index contributed by atoms with van der Waals surface area (Å²) in [5.74, 6) is -2.74. The second kappa shape index (κ2) is 11.8. The highest BCUT2D eigenvalue weighted by molar-refractivity contribution is 7.92. The van der Waals surface area contributed by atoms with Crippen molar-refractivity contribution in [3.05, 3.63) is 94.3 Å². The van der Waals surface area contributed by atoms with Crippen LogP contribution in [0.25, 0.3) is 0 Å². The Morgan fingerprint density at radius 3 is 2.31 bits per heavy atom. The lowest BCUT2D eigenvalue weighted by molar-refractivity contribution is -0.143. The van der Waals surface area contributed by atoms with Crippen LogP contribution >= 0.6 is 11.6 Å². The number of carbonyl (C=O) groups is 1. The Kier molecular flexibility index (Phi) is 9.03. The first-order valence-corrected chi connectivity index (χ1v) is 13.1. The SMILES string of the molecule is CCOC(=O)CCCc1cc(F)ccc1[C@@H](C)N(c1cc(F)ccc1F)S(=O)(=O)c1ccc(Cl)cc1. The highest BCUT2D eigenvalue weighted by Crippen LogP contribution is 2.37. The molecule has 36 heavy (non-hydrogen) atoms. The van der Waals surface area contributed by atoms with Crippen LogP contribution < -0.4 is 4.31 Å². The molecule has 192 valence electrons. The van der Waals surface area contributed by atoms with E-state index in [4.69, 9.17) is 16.3 Å². The molecule has 3 aromatic carbocycles. The maximum atomic E-state index is 14.9. The van der Waals surface area contributed by atoms with Crippen LogP contribution in [0.3, 0.4) is 0 Å². The number of esters is 1. The fraction of sp³-hybridized carbons (Fsp3) is 0.269. The summed E-state index contributed by atoms with van der Waals surface area (Å²) in [5, 5.41) is 0.299. The molecule has 0 heterocycles. The highest BCUT2D eigenvalue weighted by Gasteiger charge is 2.33. The third-order valence-corrected chi connectivity index (χ3v) is 7.71. The van der Waals surface area contributed by atoms with Gasteiger partial charge in [0, 0.05) is 17.5 Å². The van der Waals surface area contributed by atoms with Crippen LogP contribution in [0, 0.1) is 17.5 Å². The van der Waals surface area contributed by atoms with E-state index in [1.165, 1.54) is 43.3 Å². The molecule has 3 rings (SSSR count). The molecule has 1 atom stereocenters. The number of nitrogens with zero attached hydrogens (tertiary/aromatic N) is 1. The number of ether oxygens (including phenoxy) is 1. The lowest BCUT2D eigenvalue weighted by Gasteiger charge is -2.32. The van der Waals surface area contributed by atoms with Crippen LogP contribution in [0.5, 0.6) is 0 Å². The molecule has 0 unspecified atom stereocenters. The number of aryl methyl sites for hydroxylation is 1. The van der Waals surface area contributed by atoms with Crippen molar-refractivity contribution in [1.29, 1.82) is 0 Å². The first kappa shape index (κ1) is 27.5.